The van der Waals surface area contributed by atoms with Crippen LogP contribution in [-0.2, 0) is 6.42 Å². The number of aromatic nitrogens is 4. The lowest BCUT2D eigenvalue weighted by atomic mass is 10.2. The molecular weight excluding hydrogens is 262 g/mol. The molecule has 2 rings (SSSR count). The van der Waals surface area contributed by atoms with Crippen LogP contribution in [0.5, 0.6) is 0 Å². The summed E-state index contributed by atoms with van der Waals surface area (Å²) < 4.78 is 0. The fourth-order valence-corrected chi connectivity index (χ4v) is 2.40. The van der Waals surface area contributed by atoms with Crippen LogP contribution in [0.2, 0.25) is 0 Å². The Balaban J connectivity index is 2.32. The zero-order valence-electron chi connectivity index (χ0n) is 10.8. The second-order valence-corrected chi connectivity index (χ2v) is 5.09. The lowest BCUT2D eigenvalue weighted by Crippen LogP contribution is -2.10. The summed E-state index contributed by atoms with van der Waals surface area (Å²) in [6.07, 6.45) is 3.38. The van der Waals surface area contributed by atoms with E-state index in [1.54, 1.807) is 6.20 Å². The maximum Gasteiger partial charge on any atom is 0.251 e. The number of nitrogen functional groups attached to an aromatic ring is 1. The molecule has 19 heavy (non-hydrogen) atoms. The van der Waals surface area contributed by atoms with Gasteiger partial charge in [0, 0.05) is 23.5 Å². The first-order chi connectivity index (χ1) is 9.08. The molecule has 0 atom stereocenters. The predicted molar refractivity (Wildman–Crippen MR) is 74.2 cm³/mol. The highest BCUT2D eigenvalue weighted by Crippen LogP contribution is 2.25. The van der Waals surface area contributed by atoms with Crippen molar-refractivity contribution in [1.29, 1.82) is 0 Å². The van der Waals surface area contributed by atoms with Gasteiger partial charge >= 0.3 is 0 Å². The minimum atomic E-state index is -0.152. The highest BCUT2D eigenvalue weighted by atomic mass is 32.2. The summed E-state index contributed by atoms with van der Waals surface area (Å²) in [5.74, 6) is 0.208. The second-order valence-electron chi connectivity index (χ2n) is 4.11. The van der Waals surface area contributed by atoms with Crippen LogP contribution in [0.3, 0.4) is 0 Å². The largest absolute Gasteiger partial charge is 0.368 e. The molecule has 3 N–H and O–H groups in total. The summed E-state index contributed by atoms with van der Waals surface area (Å²) in [4.78, 5) is 26.7. The molecule has 0 aliphatic heterocycles. The van der Waals surface area contributed by atoms with Gasteiger partial charge in [-0.2, -0.15) is 0 Å². The van der Waals surface area contributed by atoms with E-state index in [2.05, 4.69) is 19.9 Å². The number of aromatic amines is 1. The summed E-state index contributed by atoms with van der Waals surface area (Å²) in [6, 6.07) is 1.52. The standard InChI is InChI=1S/C12H15N5OS/c1-3-4-8-5-9(18)16-12(15-8)19-10-7(2)6-14-11(13)17-10/h5-6H,3-4H2,1-2H3,(H2,13,14,17)(H,15,16,18). The van der Waals surface area contributed by atoms with Crippen molar-refractivity contribution in [2.24, 2.45) is 0 Å². The number of nitrogens with one attached hydrogen (secondary N) is 1. The van der Waals surface area contributed by atoms with Crippen molar-refractivity contribution in [2.45, 2.75) is 36.9 Å². The van der Waals surface area contributed by atoms with Crippen LogP contribution in [-0.4, -0.2) is 19.9 Å². The Hall–Kier alpha value is -1.89. The van der Waals surface area contributed by atoms with Crippen molar-refractivity contribution >= 4 is 17.7 Å². The van der Waals surface area contributed by atoms with Crippen molar-refractivity contribution in [3.63, 3.8) is 0 Å². The topological polar surface area (TPSA) is 97.5 Å². The van der Waals surface area contributed by atoms with Gasteiger partial charge in [-0.3, -0.25) is 4.79 Å². The van der Waals surface area contributed by atoms with Gasteiger partial charge < -0.3 is 10.7 Å². The molecular formula is C12H15N5OS. The van der Waals surface area contributed by atoms with Crippen molar-refractivity contribution < 1.29 is 0 Å². The SMILES string of the molecule is CCCc1cc(=O)[nH]c(Sc2nc(N)ncc2C)n1. The maximum absolute atomic E-state index is 11.6. The number of H-pyrrole nitrogens is 1. The van der Waals surface area contributed by atoms with Crippen LogP contribution in [0.1, 0.15) is 24.6 Å². The van der Waals surface area contributed by atoms with E-state index in [-0.39, 0.29) is 11.5 Å². The number of nitrogens with two attached hydrogens (primary N) is 1. The number of hydrogen-bond donors (Lipinski definition) is 2. The average molecular weight is 277 g/mol. The number of aryl methyl sites for hydroxylation is 2. The zero-order valence-corrected chi connectivity index (χ0v) is 11.6. The Labute approximate surface area is 114 Å². The molecule has 2 aromatic rings. The molecule has 0 aliphatic rings. The van der Waals surface area contributed by atoms with Crippen LogP contribution in [0.4, 0.5) is 5.95 Å². The molecule has 0 bridgehead atoms. The van der Waals surface area contributed by atoms with Crippen molar-refractivity contribution in [2.75, 3.05) is 5.73 Å². The summed E-state index contributed by atoms with van der Waals surface area (Å²) in [5.41, 5.74) is 7.09. The van der Waals surface area contributed by atoms with E-state index in [0.717, 1.165) is 24.1 Å². The van der Waals surface area contributed by atoms with Gasteiger partial charge in [0.25, 0.3) is 5.56 Å². The molecule has 0 saturated carbocycles. The molecule has 0 unspecified atom stereocenters. The van der Waals surface area contributed by atoms with Crippen molar-refractivity contribution in [3.8, 4) is 0 Å². The third kappa shape index (κ3) is 3.54. The summed E-state index contributed by atoms with van der Waals surface area (Å²) >= 11 is 1.28. The smallest absolute Gasteiger partial charge is 0.251 e. The van der Waals surface area contributed by atoms with Gasteiger partial charge in [-0.25, -0.2) is 15.0 Å². The third-order valence-corrected chi connectivity index (χ3v) is 3.41. The van der Waals surface area contributed by atoms with Gasteiger partial charge in [-0.1, -0.05) is 13.3 Å². The molecule has 0 spiro atoms. The van der Waals surface area contributed by atoms with Crippen LogP contribution in [0.25, 0.3) is 0 Å². The van der Waals surface area contributed by atoms with E-state index in [1.807, 2.05) is 13.8 Å². The molecule has 100 valence electrons. The highest BCUT2D eigenvalue weighted by Gasteiger charge is 2.08. The van der Waals surface area contributed by atoms with Gasteiger partial charge in [-0.15, -0.1) is 0 Å². The minimum absolute atomic E-state index is 0.152. The lowest BCUT2D eigenvalue weighted by molar-refractivity contribution is 0.814. The maximum atomic E-state index is 11.6. The fourth-order valence-electron chi connectivity index (χ4n) is 1.55. The molecule has 2 heterocycles. The Bertz CT molecular complexity index is 640. The van der Waals surface area contributed by atoms with E-state index in [0.29, 0.717) is 10.2 Å². The van der Waals surface area contributed by atoms with E-state index in [9.17, 15) is 4.79 Å². The Morgan fingerprint density at radius 3 is 2.95 bits per heavy atom. The van der Waals surface area contributed by atoms with E-state index in [1.165, 1.54) is 17.8 Å². The summed E-state index contributed by atoms with van der Waals surface area (Å²) in [5, 5.41) is 1.22. The monoisotopic (exact) mass is 277 g/mol. The molecule has 0 saturated heterocycles. The van der Waals surface area contributed by atoms with Gasteiger partial charge in [0.15, 0.2) is 5.16 Å². The van der Waals surface area contributed by atoms with Crippen LogP contribution >= 0.6 is 11.8 Å². The van der Waals surface area contributed by atoms with Gasteiger partial charge in [0.1, 0.15) is 5.03 Å². The second kappa shape index (κ2) is 5.83. The molecule has 2 aromatic heterocycles. The minimum Gasteiger partial charge on any atom is -0.368 e. The molecule has 6 nitrogen and oxygen atoms in total. The quantitative estimate of drug-likeness (QED) is 0.650. The predicted octanol–water partition coefficient (Wildman–Crippen LogP) is 1.55. The molecule has 0 radical (unpaired) electrons. The number of anilines is 1. The van der Waals surface area contributed by atoms with Crippen LogP contribution < -0.4 is 11.3 Å². The Morgan fingerprint density at radius 1 is 1.42 bits per heavy atom. The average Bonchev–Trinajstić information content (AvgIpc) is 2.33. The third-order valence-electron chi connectivity index (χ3n) is 2.42. The van der Waals surface area contributed by atoms with Gasteiger partial charge in [0.05, 0.1) is 0 Å². The van der Waals surface area contributed by atoms with Crippen molar-refractivity contribution in [3.05, 3.63) is 33.9 Å². The normalized spacial score (nSPS) is 10.6. The Morgan fingerprint density at radius 2 is 2.21 bits per heavy atom. The lowest BCUT2D eigenvalue weighted by Gasteiger charge is -2.05. The summed E-state index contributed by atoms with van der Waals surface area (Å²) in [6.45, 7) is 3.93. The molecule has 0 fully saturated rings. The summed E-state index contributed by atoms with van der Waals surface area (Å²) in [7, 11) is 0. The fraction of sp³-hybridized carbons (Fsp3) is 0.333. The molecule has 0 aliphatic carbocycles. The first-order valence-corrected chi connectivity index (χ1v) is 6.77. The number of rotatable bonds is 4. The Kier molecular flexibility index (Phi) is 4.16. The molecule has 0 amide bonds. The van der Waals surface area contributed by atoms with Crippen molar-refractivity contribution in [1.82, 2.24) is 19.9 Å². The van der Waals surface area contributed by atoms with E-state index < -0.39 is 0 Å². The first-order valence-electron chi connectivity index (χ1n) is 5.95. The highest BCUT2D eigenvalue weighted by molar-refractivity contribution is 7.99. The van der Waals surface area contributed by atoms with E-state index >= 15 is 0 Å². The van der Waals surface area contributed by atoms with Gasteiger partial charge in [0.2, 0.25) is 5.95 Å². The zero-order chi connectivity index (χ0) is 13.8. The van der Waals surface area contributed by atoms with Gasteiger partial charge in [-0.05, 0) is 25.1 Å². The number of nitrogens with zero attached hydrogens (tertiary/aromatic N) is 3. The number of hydrogen-bond acceptors (Lipinski definition) is 6. The molecule has 0 aromatic carbocycles. The van der Waals surface area contributed by atoms with Crippen LogP contribution in [0, 0.1) is 6.92 Å². The van der Waals surface area contributed by atoms with E-state index in [4.69, 9.17) is 5.73 Å². The van der Waals surface area contributed by atoms with Crippen LogP contribution in [0.15, 0.2) is 27.2 Å². The first kappa shape index (κ1) is 13.5. The molecule has 7 heteroatoms.